The van der Waals surface area contributed by atoms with E-state index in [9.17, 15) is 8.42 Å². The summed E-state index contributed by atoms with van der Waals surface area (Å²) in [5, 5.41) is -0.131. The Morgan fingerprint density at radius 1 is 1.32 bits per heavy atom. The lowest BCUT2D eigenvalue weighted by Crippen LogP contribution is -2.26. The third kappa shape index (κ3) is 3.19. The van der Waals surface area contributed by atoms with Crippen LogP contribution in [0.1, 0.15) is 24.3 Å². The average Bonchev–Trinajstić information content (AvgIpc) is 2.89. The van der Waals surface area contributed by atoms with E-state index in [1.165, 1.54) is 6.07 Å². The molecule has 2 heterocycles. The Balaban J connectivity index is 2.17. The van der Waals surface area contributed by atoms with E-state index in [-0.39, 0.29) is 17.7 Å². The van der Waals surface area contributed by atoms with Crippen LogP contribution < -0.4 is 10.5 Å². The number of furan rings is 1. The number of nitrogens with two attached hydrogens (primary N) is 1. The molecule has 0 saturated carbocycles. The predicted octanol–water partition coefficient (Wildman–Crippen LogP) is 1.17. The molecule has 2 aromatic heterocycles. The summed E-state index contributed by atoms with van der Waals surface area (Å²) in [4.78, 5) is 3.89. The monoisotopic (exact) mass is 281 g/mol. The zero-order valence-electron chi connectivity index (χ0n) is 10.4. The van der Waals surface area contributed by atoms with Crippen LogP contribution in [-0.2, 0) is 16.6 Å². The number of sulfonamides is 1. The molecular formula is C12H15N3O3S. The molecule has 3 N–H and O–H groups in total. The third-order valence-electron chi connectivity index (χ3n) is 2.64. The number of nitrogens with zero attached hydrogens (tertiary/aromatic N) is 1. The highest BCUT2D eigenvalue weighted by Crippen LogP contribution is 2.18. The van der Waals surface area contributed by atoms with Crippen molar-refractivity contribution < 1.29 is 12.8 Å². The second-order valence-electron chi connectivity index (χ2n) is 4.05. The van der Waals surface area contributed by atoms with E-state index in [4.69, 9.17) is 10.2 Å². The molecule has 102 valence electrons. The quantitative estimate of drug-likeness (QED) is 0.857. The van der Waals surface area contributed by atoms with Gasteiger partial charge in [0.1, 0.15) is 5.76 Å². The Kier molecular flexibility index (Phi) is 3.98. The molecule has 0 amide bonds. The minimum atomic E-state index is -3.69. The van der Waals surface area contributed by atoms with E-state index < -0.39 is 10.0 Å². The van der Waals surface area contributed by atoms with Crippen molar-refractivity contribution in [2.24, 2.45) is 5.73 Å². The van der Waals surface area contributed by atoms with Crippen LogP contribution >= 0.6 is 0 Å². The molecule has 1 atom stereocenters. The van der Waals surface area contributed by atoms with Crippen molar-refractivity contribution in [2.75, 3.05) is 0 Å². The number of nitrogens with one attached hydrogen (secondary N) is 1. The molecule has 0 bridgehead atoms. The van der Waals surface area contributed by atoms with Gasteiger partial charge < -0.3 is 10.2 Å². The molecule has 2 rings (SSSR count). The van der Waals surface area contributed by atoms with Crippen molar-refractivity contribution in [3.05, 3.63) is 48.0 Å². The highest BCUT2D eigenvalue weighted by Gasteiger charge is 2.21. The van der Waals surface area contributed by atoms with Gasteiger partial charge in [0.2, 0.25) is 5.09 Å². The van der Waals surface area contributed by atoms with Gasteiger partial charge in [0.25, 0.3) is 10.0 Å². The van der Waals surface area contributed by atoms with Gasteiger partial charge in [-0.3, -0.25) is 4.98 Å². The summed E-state index contributed by atoms with van der Waals surface area (Å²) in [7, 11) is -3.69. The Bertz CT molecular complexity index is 637. The van der Waals surface area contributed by atoms with Crippen molar-refractivity contribution >= 4 is 10.0 Å². The Morgan fingerprint density at radius 3 is 2.58 bits per heavy atom. The Hall–Kier alpha value is -1.70. The van der Waals surface area contributed by atoms with Crippen LogP contribution in [0.25, 0.3) is 0 Å². The zero-order chi connectivity index (χ0) is 13.9. The van der Waals surface area contributed by atoms with Crippen LogP contribution in [0, 0.1) is 0 Å². The maximum absolute atomic E-state index is 12.1. The van der Waals surface area contributed by atoms with E-state index >= 15 is 0 Å². The normalized spacial score (nSPS) is 13.4. The summed E-state index contributed by atoms with van der Waals surface area (Å²) in [5.74, 6) is 0.428. The third-order valence-corrected chi connectivity index (χ3v) is 4.05. The number of hydrogen-bond donors (Lipinski definition) is 2. The number of pyridine rings is 1. The summed E-state index contributed by atoms with van der Waals surface area (Å²) in [6, 6.07) is 6.07. The van der Waals surface area contributed by atoms with Crippen molar-refractivity contribution in [3.63, 3.8) is 0 Å². The summed E-state index contributed by atoms with van der Waals surface area (Å²) in [6.45, 7) is 1.91. The topological polar surface area (TPSA) is 98.2 Å². The van der Waals surface area contributed by atoms with E-state index in [0.717, 1.165) is 5.56 Å². The van der Waals surface area contributed by atoms with Crippen molar-refractivity contribution in [1.82, 2.24) is 9.71 Å². The maximum atomic E-state index is 12.1. The van der Waals surface area contributed by atoms with Gasteiger partial charge in [-0.15, -0.1) is 0 Å². The number of hydrogen-bond acceptors (Lipinski definition) is 5. The number of rotatable bonds is 5. The predicted molar refractivity (Wildman–Crippen MR) is 69.6 cm³/mol. The molecule has 0 spiro atoms. The molecule has 0 aliphatic heterocycles. The molecule has 0 fully saturated rings. The van der Waals surface area contributed by atoms with E-state index in [2.05, 4.69) is 9.71 Å². The minimum Gasteiger partial charge on any atom is -0.447 e. The molecule has 0 aromatic carbocycles. The molecule has 0 radical (unpaired) electrons. The summed E-state index contributed by atoms with van der Waals surface area (Å²) in [6.07, 6.45) is 3.22. The molecule has 2 aromatic rings. The maximum Gasteiger partial charge on any atom is 0.274 e. The smallest absolute Gasteiger partial charge is 0.274 e. The average molecular weight is 281 g/mol. The fourth-order valence-corrected chi connectivity index (χ4v) is 2.80. The van der Waals surface area contributed by atoms with Crippen LogP contribution in [0.15, 0.2) is 46.2 Å². The second kappa shape index (κ2) is 5.52. The van der Waals surface area contributed by atoms with Crippen LogP contribution in [0.5, 0.6) is 0 Å². The first kappa shape index (κ1) is 13.7. The van der Waals surface area contributed by atoms with E-state index in [0.29, 0.717) is 5.76 Å². The fourth-order valence-electron chi connectivity index (χ4n) is 1.62. The van der Waals surface area contributed by atoms with Crippen molar-refractivity contribution in [3.8, 4) is 0 Å². The van der Waals surface area contributed by atoms with Gasteiger partial charge >= 0.3 is 0 Å². The van der Waals surface area contributed by atoms with Crippen molar-refractivity contribution in [1.29, 1.82) is 0 Å². The first-order chi connectivity index (χ1) is 9.03. The lowest BCUT2D eigenvalue weighted by atomic mass is 10.1. The van der Waals surface area contributed by atoms with Crippen molar-refractivity contribution in [2.45, 2.75) is 24.6 Å². The van der Waals surface area contributed by atoms with Gasteiger partial charge in [0.05, 0.1) is 6.54 Å². The van der Waals surface area contributed by atoms with Crippen LogP contribution in [0.4, 0.5) is 0 Å². The van der Waals surface area contributed by atoms with Crippen LogP contribution in [-0.4, -0.2) is 13.4 Å². The highest BCUT2D eigenvalue weighted by atomic mass is 32.2. The summed E-state index contributed by atoms with van der Waals surface area (Å²) < 4.78 is 31.9. The van der Waals surface area contributed by atoms with E-state index in [1.807, 2.05) is 0 Å². The zero-order valence-corrected chi connectivity index (χ0v) is 11.2. The standard InChI is InChI=1S/C12H15N3O3S/c1-9(10-4-6-14-7-5-10)15-19(16,17)12-3-2-11(8-13)18-12/h2-7,9,15H,8,13H2,1H3. The molecule has 0 saturated heterocycles. The molecule has 0 aliphatic carbocycles. The lowest BCUT2D eigenvalue weighted by Gasteiger charge is -2.12. The largest absolute Gasteiger partial charge is 0.447 e. The van der Waals surface area contributed by atoms with Crippen LogP contribution in [0.3, 0.4) is 0 Å². The first-order valence-corrected chi connectivity index (χ1v) is 7.22. The number of aromatic nitrogens is 1. The lowest BCUT2D eigenvalue weighted by molar-refractivity contribution is 0.411. The highest BCUT2D eigenvalue weighted by molar-refractivity contribution is 7.89. The van der Waals surface area contributed by atoms with Gasteiger partial charge in [-0.05, 0) is 36.8 Å². The van der Waals surface area contributed by atoms with E-state index in [1.54, 1.807) is 37.5 Å². The Morgan fingerprint density at radius 2 is 2.00 bits per heavy atom. The fraction of sp³-hybridized carbons (Fsp3) is 0.250. The van der Waals surface area contributed by atoms with Gasteiger partial charge in [-0.25, -0.2) is 13.1 Å². The van der Waals surface area contributed by atoms with Gasteiger partial charge in [0.15, 0.2) is 0 Å². The minimum absolute atomic E-state index is 0.131. The van der Waals surface area contributed by atoms with Gasteiger partial charge in [-0.1, -0.05) is 0 Å². The summed E-state index contributed by atoms with van der Waals surface area (Å²) in [5.41, 5.74) is 6.21. The molecule has 19 heavy (non-hydrogen) atoms. The first-order valence-electron chi connectivity index (χ1n) is 5.74. The molecular weight excluding hydrogens is 266 g/mol. The molecule has 0 aliphatic rings. The SMILES string of the molecule is CC(NS(=O)(=O)c1ccc(CN)o1)c1ccncc1. The second-order valence-corrected chi connectivity index (χ2v) is 5.69. The van der Waals surface area contributed by atoms with Gasteiger partial charge in [0, 0.05) is 18.4 Å². The van der Waals surface area contributed by atoms with Gasteiger partial charge in [-0.2, -0.15) is 0 Å². The molecule has 6 nitrogen and oxygen atoms in total. The molecule has 7 heteroatoms. The Labute approximate surface area is 111 Å². The molecule has 1 unspecified atom stereocenters. The summed E-state index contributed by atoms with van der Waals surface area (Å²) >= 11 is 0. The van der Waals surface area contributed by atoms with Crippen LogP contribution in [0.2, 0.25) is 0 Å².